The predicted octanol–water partition coefficient (Wildman–Crippen LogP) is 2.41. The first-order chi connectivity index (χ1) is 11.0. The van der Waals surface area contributed by atoms with Gasteiger partial charge in [-0.25, -0.2) is 22.3 Å². The Morgan fingerprint density at radius 1 is 1.21 bits per heavy atom. The smallest absolute Gasteiger partial charge is 0.255 e. The minimum atomic E-state index is -4.13. The molecule has 24 heavy (non-hydrogen) atoms. The maximum Gasteiger partial charge on any atom is 0.255 e. The Kier molecular flexibility index (Phi) is 4.79. The number of sulfonamides is 1. The van der Waals surface area contributed by atoms with Crippen LogP contribution in [0.15, 0.2) is 29.2 Å². The van der Waals surface area contributed by atoms with Crippen molar-refractivity contribution >= 4 is 38.9 Å². The summed E-state index contributed by atoms with van der Waals surface area (Å²) in [6.07, 6.45) is 0. The summed E-state index contributed by atoms with van der Waals surface area (Å²) >= 11 is 5.51. The molecule has 0 saturated carbocycles. The van der Waals surface area contributed by atoms with Crippen molar-refractivity contribution in [1.29, 1.82) is 0 Å². The third-order valence-electron chi connectivity index (χ3n) is 3.15. The van der Waals surface area contributed by atoms with Gasteiger partial charge in [-0.1, -0.05) is 11.6 Å². The summed E-state index contributed by atoms with van der Waals surface area (Å²) < 4.78 is 49.4. The zero-order valence-corrected chi connectivity index (χ0v) is 13.8. The highest BCUT2D eigenvalue weighted by molar-refractivity contribution is 7.89. The second-order valence-corrected chi connectivity index (χ2v) is 6.90. The number of hydrogen-bond donors (Lipinski definition) is 3. The average molecular weight is 376 g/mol. The third-order valence-corrected chi connectivity index (χ3v) is 4.39. The summed E-state index contributed by atoms with van der Waals surface area (Å²) in [5, 5.41) is 6.83. The number of nitrogens with two attached hydrogens (primary N) is 2. The largest absolute Gasteiger partial charge is 0.398 e. The van der Waals surface area contributed by atoms with Crippen molar-refractivity contribution in [1.82, 2.24) is 0 Å². The third kappa shape index (κ3) is 3.64. The van der Waals surface area contributed by atoms with Gasteiger partial charge in [-0.05, 0) is 30.7 Å². The van der Waals surface area contributed by atoms with Gasteiger partial charge in [-0.3, -0.25) is 4.79 Å². The molecule has 0 aromatic heterocycles. The van der Waals surface area contributed by atoms with Gasteiger partial charge in [0.25, 0.3) is 5.91 Å². The molecule has 2 aromatic carbocycles. The minimum Gasteiger partial charge on any atom is -0.398 e. The highest BCUT2D eigenvalue weighted by Gasteiger charge is 2.19. The van der Waals surface area contributed by atoms with Crippen molar-refractivity contribution in [2.24, 2.45) is 5.14 Å². The lowest BCUT2D eigenvalue weighted by molar-refractivity contribution is 0.102. The van der Waals surface area contributed by atoms with E-state index in [0.29, 0.717) is 5.56 Å². The highest BCUT2D eigenvalue weighted by Crippen LogP contribution is 2.25. The molecular formula is C14H12ClF2N3O3S. The summed E-state index contributed by atoms with van der Waals surface area (Å²) in [6, 6.07) is 4.04. The SMILES string of the molecule is Cc1cc(N)c(S(N)(=O)=O)cc1C(=O)Nc1cc(F)c(F)c(Cl)c1. The maximum atomic E-state index is 13.3. The number of primary sulfonamides is 1. The molecule has 0 saturated heterocycles. The van der Waals surface area contributed by atoms with E-state index in [1.807, 2.05) is 0 Å². The van der Waals surface area contributed by atoms with Crippen LogP contribution in [0, 0.1) is 18.6 Å². The lowest BCUT2D eigenvalue weighted by Crippen LogP contribution is -2.18. The summed E-state index contributed by atoms with van der Waals surface area (Å²) in [5.41, 5.74) is 5.70. The standard InChI is InChI=1S/C14H12ClF2N3O3S/c1-6-2-11(18)12(24(19,22)23)5-8(6)14(21)20-7-3-9(15)13(17)10(16)4-7/h2-5H,18H2,1H3,(H,20,21)(H2,19,22,23). The van der Waals surface area contributed by atoms with Crippen molar-refractivity contribution in [3.05, 3.63) is 52.0 Å². The van der Waals surface area contributed by atoms with Gasteiger partial charge >= 0.3 is 0 Å². The van der Waals surface area contributed by atoms with Gasteiger partial charge < -0.3 is 11.1 Å². The van der Waals surface area contributed by atoms with E-state index in [1.165, 1.54) is 13.0 Å². The van der Waals surface area contributed by atoms with Crippen molar-refractivity contribution in [3.63, 3.8) is 0 Å². The van der Waals surface area contributed by atoms with Crippen molar-refractivity contribution in [3.8, 4) is 0 Å². The molecule has 0 aliphatic carbocycles. The molecule has 2 rings (SSSR count). The zero-order chi connectivity index (χ0) is 18.2. The van der Waals surface area contributed by atoms with Crippen LogP contribution in [0.2, 0.25) is 5.02 Å². The first kappa shape index (κ1) is 18.1. The Bertz CT molecular complexity index is 926. The van der Waals surface area contributed by atoms with Gasteiger partial charge in [0.05, 0.1) is 10.7 Å². The molecule has 0 bridgehead atoms. The molecule has 0 heterocycles. The van der Waals surface area contributed by atoms with Crippen LogP contribution in [0.25, 0.3) is 0 Å². The number of benzene rings is 2. The number of amides is 1. The second-order valence-electron chi connectivity index (χ2n) is 4.96. The van der Waals surface area contributed by atoms with E-state index in [-0.39, 0.29) is 16.9 Å². The fraction of sp³-hybridized carbons (Fsp3) is 0.0714. The van der Waals surface area contributed by atoms with Crippen molar-refractivity contribution in [2.45, 2.75) is 11.8 Å². The van der Waals surface area contributed by atoms with Crippen LogP contribution in [0.4, 0.5) is 20.2 Å². The summed E-state index contributed by atoms with van der Waals surface area (Å²) in [4.78, 5) is 11.9. The molecule has 128 valence electrons. The van der Waals surface area contributed by atoms with Gasteiger partial charge in [0.1, 0.15) is 4.90 Å². The van der Waals surface area contributed by atoms with Crippen LogP contribution in [-0.2, 0) is 10.0 Å². The maximum absolute atomic E-state index is 13.3. The summed E-state index contributed by atoms with van der Waals surface area (Å²) in [5.74, 6) is -3.24. The Balaban J connectivity index is 2.44. The lowest BCUT2D eigenvalue weighted by atomic mass is 10.1. The van der Waals surface area contributed by atoms with Crippen LogP contribution in [-0.4, -0.2) is 14.3 Å². The second kappa shape index (κ2) is 6.34. The van der Waals surface area contributed by atoms with Gasteiger partial charge in [-0.15, -0.1) is 0 Å². The van der Waals surface area contributed by atoms with Gasteiger partial charge in [0.2, 0.25) is 10.0 Å². The van der Waals surface area contributed by atoms with E-state index in [2.05, 4.69) is 5.32 Å². The van der Waals surface area contributed by atoms with Crippen LogP contribution < -0.4 is 16.2 Å². The van der Waals surface area contributed by atoms with E-state index in [4.69, 9.17) is 22.5 Å². The topological polar surface area (TPSA) is 115 Å². The number of hydrogen-bond acceptors (Lipinski definition) is 4. The van der Waals surface area contributed by atoms with Gasteiger partial charge in [0, 0.05) is 17.3 Å². The van der Waals surface area contributed by atoms with Gasteiger partial charge in [-0.2, -0.15) is 0 Å². The van der Waals surface area contributed by atoms with E-state index in [0.717, 1.165) is 18.2 Å². The molecule has 0 spiro atoms. The molecule has 0 radical (unpaired) electrons. The number of carbonyl (C=O) groups excluding carboxylic acids is 1. The van der Waals surface area contributed by atoms with Crippen LogP contribution in [0.1, 0.15) is 15.9 Å². The van der Waals surface area contributed by atoms with Gasteiger partial charge in [0.15, 0.2) is 11.6 Å². The van der Waals surface area contributed by atoms with Crippen LogP contribution in [0.3, 0.4) is 0 Å². The van der Waals surface area contributed by atoms with E-state index >= 15 is 0 Å². The first-order valence-electron chi connectivity index (χ1n) is 6.39. The Hall–Kier alpha value is -2.23. The molecule has 0 aliphatic rings. The monoisotopic (exact) mass is 375 g/mol. The molecule has 5 N–H and O–H groups in total. The normalized spacial score (nSPS) is 11.4. The number of nitrogens with one attached hydrogen (secondary N) is 1. The summed E-state index contributed by atoms with van der Waals surface area (Å²) in [7, 11) is -4.13. The molecule has 0 atom stereocenters. The first-order valence-corrected chi connectivity index (χ1v) is 8.32. The molecule has 0 unspecified atom stereocenters. The molecule has 10 heteroatoms. The van der Waals surface area contributed by atoms with E-state index in [1.54, 1.807) is 0 Å². The van der Waals surface area contributed by atoms with Crippen LogP contribution in [0.5, 0.6) is 0 Å². The predicted molar refractivity (Wildman–Crippen MR) is 86.3 cm³/mol. The molecule has 1 amide bonds. The minimum absolute atomic E-state index is 0.0471. The number of anilines is 2. The Morgan fingerprint density at radius 2 is 1.83 bits per heavy atom. The fourth-order valence-electron chi connectivity index (χ4n) is 2.03. The molecule has 6 nitrogen and oxygen atoms in total. The molecule has 0 aliphatic heterocycles. The number of halogens is 3. The Morgan fingerprint density at radius 3 is 2.38 bits per heavy atom. The Labute approximate surface area is 141 Å². The number of aryl methyl sites for hydroxylation is 1. The fourth-order valence-corrected chi connectivity index (χ4v) is 2.90. The van der Waals surface area contributed by atoms with E-state index < -0.39 is 37.5 Å². The van der Waals surface area contributed by atoms with Crippen LogP contribution >= 0.6 is 11.6 Å². The number of carbonyl (C=O) groups is 1. The number of rotatable bonds is 3. The molecular weight excluding hydrogens is 364 g/mol. The molecule has 0 fully saturated rings. The quantitative estimate of drug-likeness (QED) is 0.564. The van der Waals surface area contributed by atoms with Crippen molar-refractivity contribution < 1.29 is 22.0 Å². The lowest BCUT2D eigenvalue weighted by Gasteiger charge is -2.12. The summed E-state index contributed by atoms with van der Waals surface area (Å²) in [6.45, 7) is 1.52. The number of nitrogen functional groups attached to an aromatic ring is 1. The van der Waals surface area contributed by atoms with E-state index in [9.17, 15) is 22.0 Å². The average Bonchev–Trinajstić information content (AvgIpc) is 2.43. The zero-order valence-electron chi connectivity index (χ0n) is 12.2. The highest BCUT2D eigenvalue weighted by atomic mass is 35.5. The van der Waals surface area contributed by atoms with Crippen molar-refractivity contribution in [2.75, 3.05) is 11.1 Å². The molecule has 2 aromatic rings.